The number of rotatable bonds is 6. The van der Waals surface area contributed by atoms with Crippen molar-refractivity contribution in [3.8, 4) is 11.1 Å². The largest absolute Gasteiger partial charge is 0.478 e. The number of ether oxygens (including phenoxy) is 1. The molecule has 0 saturated carbocycles. The fourth-order valence-electron chi connectivity index (χ4n) is 2.77. The summed E-state index contributed by atoms with van der Waals surface area (Å²) in [6.45, 7) is 1.85. The van der Waals surface area contributed by atoms with Gasteiger partial charge in [0, 0.05) is 30.3 Å². The highest BCUT2D eigenvalue weighted by atomic mass is 19.1. The van der Waals surface area contributed by atoms with Gasteiger partial charge in [-0.2, -0.15) is 0 Å². The standard InChI is InChI=1S/C17H16F3NO.C4H4O4/c18-12-1-3-15(16-4-2-13(19)8-17(16)20)11(7-12)10-22-14-5-6-21-9-14;5-3(6)1-2-4(7)8/h1-4,7-8,14,21H,5-6,9-10H2;1-2H,(H,5,6)(H,7,8)/t14-;/m0./s1. The fraction of sp³-hybridized carbons (Fsp3) is 0.238. The minimum Gasteiger partial charge on any atom is -0.478 e. The third kappa shape index (κ3) is 7.34. The van der Waals surface area contributed by atoms with Crippen molar-refractivity contribution in [1.29, 1.82) is 0 Å². The van der Waals surface area contributed by atoms with Crippen molar-refractivity contribution in [1.82, 2.24) is 5.32 Å². The van der Waals surface area contributed by atoms with Gasteiger partial charge in [-0.3, -0.25) is 0 Å². The summed E-state index contributed by atoms with van der Waals surface area (Å²) in [5.74, 6) is -4.23. The molecule has 9 heteroatoms. The molecule has 1 atom stereocenters. The van der Waals surface area contributed by atoms with E-state index in [1.54, 1.807) is 0 Å². The Hall–Kier alpha value is -3.17. The lowest BCUT2D eigenvalue weighted by Crippen LogP contribution is -2.16. The summed E-state index contributed by atoms with van der Waals surface area (Å²) in [6, 6.07) is 7.46. The molecule has 160 valence electrons. The van der Waals surface area contributed by atoms with Gasteiger partial charge in [-0.05, 0) is 48.4 Å². The number of halogens is 3. The van der Waals surface area contributed by atoms with E-state index in [0.717, 1.165) is 25.6 Å². The molecule has 2 aromatic carbocycles. The van der Waals surface area contributed by atoms with Gasteiger partial charge in [0.25, 0.3) is 0 Å². The number of benzene rings is 2. The van der Waals surface area contributed by atoms with Crippen LogP contribution in [0.5, 0.6) is 0 Å². The third-order valence-corrected chi connectivity index (χ3v) is 4.15. The van der Waals surface area contributed by atoms with E-state index in [1.807, 2.05) is 0 Å². The average molecular weight is 423 g/mol. The van der Waals surface area contributed by atoms with Crippen molar-refractivity contribution in [3.05, 3.63) is 71.6 Å². The molecule has 1 fully saturated rings. The first-order chi connectivity index (χ1) is 14.3. The summed E-state index contributed by atoms with van der Waals surface area (Å²) >= 11 is 0. The molecule has 0 aromatic heterocycles. The predicted octanol–water partition coefficient (Wildman–Crippen LogP) is 3.36. The maximum absolute atomic E-state index is 14.0. The molecule has 0 amide bonds. The van der Waals surface area contributed by atoms with E-state index in [2.05, 4.69) is 5.32 Å². The van der Waals surface area contributed by atoms with Crippen LogP contribution in [0.15, 0.2) is 48.6 Å². The average Bonchev–Trinajstić information content (AvgIpc) is 3.20. The van der Waals surface area contributed by atoms with Gasteiger partial charge in [0.05, 0.1) is 12.7 Å². The second kappa shape index (κ2) is 11.1. The molecule has 6 nitrogen and oxygen atoms in total. The Bertz CT molecular complexity index is 911. The van der Waals surface area contributed by atoms with Crippen molar-refractivity contribution in [3.63, 3.8) is 0 Å². The summed E-state index contributed by atoms with van der Waals surface area (Å²) < 4.78 is 46.3. The predicted molar refractivity (Wildman–Crippen MR) is 102 cm³/mol. The van der Waals surface area contributed by atoms with Gasteiger partial charge in [-0.1, -0.05) is 6.07 Å². The number of carbonyl (C=O) groups is 2. The minimum atomic E-state index is -1.26. The van der Waals surface area contributed by atoms with Crippen molar-refractivity contribution in [2.75, 3.05) is 13.1 Å². The zero-order valence-electron chi connectivity index (χ0n) is 15.8. The summed E-state index contributed by atoms with van der Waals surface area (Å²) in [6.07, 6.45) is 2.09. The van der Waals surface area contributed by atoms with Crippen LogP contribution in [0, 0.1) is 17.5 Å². The van der Waals surface area contributed by atoms with Gasteiger partial charge in [-0.25, -0.2) is 22.8 Å². The molecule has 3 N–H and O–H groups in total. The van der Waals surface area contributed by atoms with Crippen LogP contribution in [0.3, 0.4) is 0 Å². The molecule has 1 aliphatic rings. The molecule has 30 heavy (non-hydrogen) atoms. The third-order valence-electron chi connectivity index (χ3n) is 4.15. The Balaban J connectivity index is 0.000000343. The quantitative estimate of drug-likeness (QED) is 0.617. The van der Waals surface area contributed by atoms with Gasteiger partial charge in [0.2, 0.25) is 0 Å². The zero-order chi connectivity index (χ0) is 22.1. The Kier molecular flexibility index (Phi) is 8.57. The summed E-state index contributed by atoms with van der Waals surface area (Å²) in [5, 5.41) is 18.8. The first-order valence-electron chi connectivity index (χ1n) is 8.96. The first kappa shape index (κ1) is 23.1. The Morgan fingerprint density at radius 2 is 1.60 bits per heavy atom. The van der Waals surface area contributed by atoms with Gasteiger partial charge in [0.15, 0.2) is 0 Å². The van der Waals surface area contributed by atoms with Crippen LogP contribution < -0.4 is 5.32 Å². The molecule has 1 heterocycles. The number of hydrogen-bond acceptors (Lipinski definition) is 4. The molecular formula is C21H20F3NO5. The highest BCUT2D eigenvalue weighted by Crippen LogP contribution is 2.28. The molecular weight excluding hydrogens is 403 g/mol. The Morgan fingerprint density at radius 3 is 2.13 bits per heavy atom. The van der Waals surface area contributed by atoms with Crippen molar-refractivity contribution in [2.24, 2.45) is 0 Å². The normalized spacial score (nSPS) is 15.6. The van der Waals surface area contributed by atoms with Crippen molar-refractivity contribution < 1.29 is 37.7 Å². The van der Waals surface area contributed by atoms with E-state index in [9.17, 15) is 22.8 Å². The first-order valence-corrected chi connectivity index (χ1v) is 8.96. The SMILES string of the molecule is Fc1ccc(-c2ccc(F)cc2CO[C@H]2CCNC2)c(F)c1.O=C(O)C=CC(=O)O. The molecule has 1 saturated heterocycles. The van der Waals surface area contributed by atoms with Crippen LogP contribution >= 0.6 is 0 Å². The van der Waals surface area contributed by atoms with Crippen LogP contribution in [-0.4, -0.2) is 41.3 Å². The summed E-state index contributed by atoms with van der Waals surface area (Å²) in [7, 11) is 0. The molecule has 0 radical (unpaired) electrons. The van der Waals surface area contributed by atoms with Crippen molar-refractivity contribution in [2.45, 2.75) is 19.1 Å². The molecule has 0 aliphatic carbocycles. The van der Waals surface area contributed by atoms with Gasteiger partial charge < -0.3 is 20.3 Å². The van der Waals surface area contributed by atoms with Crippen LogP contribution in [0.4, 0.5) is 13.2 Å². The maximum Gasteiger partial charge on any atom is 0.328 e. The lowest BCUT2D eigenvalue weighted by atomic mass is 9.99. The molecule has 0 bridgehead atoms. The van der Waals surface area contributed by atoms with Crippen LogP contribution in [-0.2, 0) is 20.9 Å². The van der Waals surface area contributed by atoms with E-state index in [-0.39, 0.29) is 18.3 Å². The van der Waals surface area contributed by atoms with Gasteiger partial charge in [0.1, 0.15) is 17.5 Å². The lowest BCUT2D eigenvalue weighted by Gasteiger charge is -2.14. The smallest absolute Gasteiger partial charge is 0.328 e. The number of hydrogen-bond donors (Lipinski definition) is 3. The number of carboxylic acids is 2. The second-order valence-electron chi connectivity index (χ2n) is 6.36. The van der Waals surface area contributed by atoms with E-state index in [0.29, 0.717) is 23.3 Å². The number of nitrogens with one attached hydrogen (secondary N) is 1. The summed E-state index contributed by atoms with van der Waals surface area (Å²) in [5.41, 5.74) is 1.31. The maximum atomic E-state index is 14.0. The second-order valence-corrected chi connectivity index (χ2v) is 6.36. The van der Waals surface area contributed by atoms with Gasteiger partial charge >= 0.3 is 11.9 Å². The van der Waals surface area contributed by atoms with E-state index in [4.69, 9.17) is 14.9 Å². The zero-order valence-corrected chi connectivity index (χ0v) is 15.8. The minimum absolute atomic E-state index is 0.0779. The van der Waals surface area contributed by atoms with E-state index in [1.165, 1.54) is 30.3 Å². The van der Waals surface area contributed by atoms with E-state index >= 15 is 0 Å². The monoisotopic (exact) mass is 423 g/mol. The van der Waals surface area contributed by atoms with Crippen LogP contribution in [0.2, 0.25) is 0 Å². The molecule has 0 spiro atoms. The number of aliphatic carboxylic acids is 2. The molecule has 0 unspecified atom stereocenters. The molecule has 2 aromatic rings. The lowest BCUT2D eigenvalue weighted by molar-refractivity contribution is -0.134. The van der Waals surface area contributed by atoms with Crippen molar-refractivity contribution >= 4 is 11.9 Å². The summed E-state index contributed by atoms with van der Waals surface area (Å²) in [4.78, 5) is 19.1. The van der Waals surface area contributed by atoms with Crippen LogP contribution in [0.25, 0.3) is 11.1 Å². The van der Waals surface area contributed by atoms with E-state index < -0.39 is 29.4 Å². The fourth-order valence-corrected chi connectivity index (χ4v) is 2.77. The molecule has 3 rings (SSSR count). The molecule has 1 aliphatic heterocycles. The Labute approximate surface area is 170 Å². The topological polar surface area (TPSA) is 95.9 Å². The Morgan fingerprint density at radius 1 is 1.00 bits per heavy atom. The number of carboxylic acid groups (broad SMARTS) is 2. The highest BCUT2D eigenvalue weighted by Gasteiger charge is 2.17. The highest BCUT2D eigenvalue weighted by molar-refractivity contribution is 5.89. The van der Waals surface area contributed by atoms with Crippen LogP contribution in [0.1, 0.15) is 12.0 Å². The van der Waals surface area contributed by atoms with Gasteiger partial charge in [-0.15, -0.1) is 0 Å².